The van der Waals surface area contributed by atoms with Gasteiger partial charge in [-0.1, -0.05) is 13.8 Å². The molecule has 4 unspecified atom stereocenters. The van der Waals surface area contributed by atoms with Crippen molar-refractivity contribution in [2.24, 2.45) is 0 Å². The molecule has 142 valence electrons. The fourth-order valence-electron chi connectivity index (χ4n) is 2.12. The summed E-state index contributed by atoms with van der Waals surface area (Å²) in [6.45, 7) is 14.4. The van der Waals surface area contributed by atoms with Crippen molar-refractivity contribution in [2.75, 3.05) is 13.2 Å². The molecule has 0 heterocycles. The lowest BCUT2D eigenvalue weighted by molar-refractivity contribution is -0.230. The van der Waals surface area contributed by atoms with Crippen LogP contribution in [-0.4, -0.2) is 48.6 Å². The predicted molar refractivity (Wildman–Crippen MR) is 91.8 cm³/mol. The Balaban J connectivity index is 5.77. The molecule has 0 N–H and O–H groups in total. The molecule has 0 aromatic heterocycles. The Morgan fingerprint density at radius 3 is 1.25 bits per heavy atom. The lowest BCUT2D eigenvalue weighted by atomic mass is 9.84. The van der Waals surface area contributed by atoms with Gasteiger partial charge in [0.1, 0.15) is 0 Å². The second-order valence-electron chi connectivity index (χ2n) is 6.18. The monoisotopic (exact) mass is 346 g/mol. The van der Waals surface area contributed by atoms with E-state index in [4.69, 9.17) is 18.9 Å². The van der Waals surface area contributed by atoms with Crippen molar-refractivity contribution in [1.82, 2.24) is 0 Å². The highest BCUT2D eigenvalue weighted by Gasteiger charge is 2.60. The van der Waals surface area contributed by atoms with Gasteiger partial charge in [-0.2, -0.15) is 0 Å². The van der Waals surface area contributed by atoms with E-state index in [1.165, 1.54) is 13.8 Å². The molecule has 4 atom stereocenters. The summed E-state index contributed by atoms with van der Waals surface area (Å²) in [6, 6.07) is 0. The molecule has 0 saturated heterocycles. The molecule has 0 rings (SSSR count). The van der Waals surface area contributed by atoms with E-state index in [1.807, 2.05) is 13.8 Å². The van der Waals surface area contributed by atoms with Crippen LogP contribution in [-0.2, 0) is 28.5 Å². The number of carbonyl (C=O) groups excluding carboxylic acids is 2. The maximum Gasteiger partial charge on any atom is 0.342 e. The maximum atomic E-state index is 12.8. The quantitative estimate of drug-likeness (QED) is 0.535. The van der Waals surface area contributed by atoms with Crippen LogP contribution in [0, 0.1) is 0 Å². The van der Waals surface area contributed by atoms with Gasteiger partial charge in [0.15, 0.2) is 0 Å². The van der Waals surface area contributed by atoms with E-state index >= 15 is 0 Å². The van der Waals surface area contributed by atoms with Crippen LogP contribution in [0.5, 0.6) is 0 Å². The number of esters is 2. The van der Waals surface area contributed by atoms with E-state index in [0.717, 1.165) is 0 Å². The minimum Gasteiger partial charge on any atom is -0.460 e. The van der Waals surface area contributed by atoms with Crippen LogP contribution >= 0.6 is 0 Å². The Labute approximate surface area is 146 Å². The van der Waals surface area contributed by atoms with E-state index in [9.17, 15) is 9.59 Å². The van der Waals surface area contributed by atoms with Gasteiger partial charge in [0.25, 0.3) is 0 Å². The SMILES string of the molecule is CCOC(C)(C(=O)OC(C)CC)C(C)(OCC)C(=O)OC(C)CC. The van der Waals surface area contributed by atoms with Crippen LogP contribution in [0.25, 0.3) is 0 Å². The van der Waals surface area contributed by atoms with Crippen LogP contribution < -0.4 is 0 Å². The summed E-state index contributed by atoms with van der Waals surface area (Å²) in [5.41, 5.74) is -3.21. The molecule has 0 saturated carbocycles. The number of hydrogen-bond acceptors (Lipinski definition) is 6. The highest BCUT2D eigenvalue weighted by atomic mass is 16.6. The molecular formula is C18H34O6. The van der Waals surface area contributed by atoms with Crippen molar-refractivity contribution < 1.29 is 28.5 Å². The molecule has 0 aliphatic rings. The minimum absolute atomic E-state index is 0.228. The Morgan fingerprint density at radius 1 is 0.750 bits per heavy atom. The summed E-state index contributed by atoms with van der Waals surface area (Å²) >= 11 is 0. The fraction of sp³-hybridized carbons (Fsp3) is 0.889. The zero-order chi connectivity index (χ0) is 19.0. The third kappa shape index (κ3) is 5.18. The third-order valence-electron chi connectivity index (χ3n) is 4.32. The van der Waals surface area contributed by atoms with Gasteiger partial charge in [-0.15, -0.1) is 0 Å². The van der Waals surface area contributed by atoms with E-state index in [-0.39, 0.29) is 25.4 Å². The number of hydrogen-bond donors (Lipinski definition) is 0. The van der Waals surface area contributed by atoms with Crippen LogP contribution in [0.1, 0.15) is 68.2 Å². The van der Waals surface area contributed by atoms with Crippen LogP contribution in [0.4, 0.5) is 0 Å². The first-order valence-electron chi connectivity index (χ1n) is 8.82. The summed E-state index contributed by atoms with van der Waals surface area (Å²) in [5, 5.41) is 0. The molecule has 0 radical (unpaired) electrons. The zero-order valence-corrected chi connectivity index (χ0v) is 16.4. The Hall–Kier alpha value is -1.14. The van der Waals surface area contributed by atoms with E-state index in [1.54, 1.807) is 27.7 Å². The van der Waals surface area contributed by atoms with Crippen molar-refractivity contribution in [3.8, 4) is 0 Å². The minimum atomic E-state index is -1.61. The third-order valence-corrected chi connectivity index (χ3v) is 4.32. The zero-order valence-electron chi connectivity index (χ0n) is 16.4. The van der Waals surface area contributed by atoms with Crippen molar-refractivity contribution >= 4 is 11.9 Å². The summed E-state index contributed by atoms with van der Waals surface area (Å²) in [4.78, 5) is 25.5. The average molecular weight is 346 g/mol. The van der Waals surface area contributed by atoms with E-state index < -0.39 is 23.1 Å². The maximum absolute atomic E-state index is 12.8. The van der Waals surface area contributed by atoms with Gasteiger partial charge < -0.3 is 18.9 Å². The first-order valence-corrected chi connectivity index (χ1v) is 8.82. The summed E-state index contributed by atoms with van der Waals surface area (Å²) in [5.74, 6) is -1.26. The molecule has 6 nitrogen and oxygen atoms in total. The second kappa shape index (κ2) is 9.99. The van der Waals surface area contributed by atoms with Gasteiger partial charge in [0.05, 0.1) is 12.2 Å². The number of ether oxygens (including phenoxy) is 4. The van der Waals surface area contributed by atoms with Crippen molar-refractivity contribution in [2.45, 2.75) is 91.6 Å². The normalized spacial score (nSPS) is 18.8. The van der Waals surface area contributed by atoms with E-state index in [0.29, 0.717) is 12.8 Å². The van der Waals surface area contributed by atoms with Gasteiger partial charge in [0, 0.05) is 13.2 Å². The van der Waals surface area contributed by atoms with Gasteiger partial charge in [-0.05, 0) is 54.4 Å². The largest absolute Gasteiger partial charge is 0.460 e. The Morgan fingerprint density at radius 2 is 1.04 bits per heavy atom. The summed E-state index contributed by atoms with van der Waals surface area (Å²) < 4.78 is 22.3. The molecule has 0 spiro atoms. The second-order valence-corrected chi connectivity index (χ2v) is 6.18. The smallest absolute Gasteiger partial charge is 0.342 e. The number of rotatable bonds is 11. The molecule has 0 amide bonds. The molecule has 0 bridgehead atoms. The molecule has 0 aromatic rings. The Kier molecular flexibility index (Phi) is 9.51. The topological polar surface area (TPSA) is 71.1 Å². The molecule has 6 heteroatoms. The fourth-order valence-corrected chi connectivity index (χ4v) is 2.12. The summed E-state index contributed by atoms with van der Waals surface area (Å²) in [7, 11) is 0. The first-order chi connectivity index (χ1) is 11.1. The van der Waals surface area contributed by atoms with E-state index in [2.05, 4.69) is 0 Å². The molecule has 24 heavy (non-hydrogen) atoms. The van der Waals surface area contributed by atoms with Gasteiger partial charge in [-0.3, -0.25) is 0 Å². The molecule has 0 aromatic carbocycles. The van der Waals surface area contributed by atoms with Crippen LogP contribution in [0.15, 0.2) is 0 Å². The van der Waals surface area contributed by atoms with Crippen molar-refractivity contribution in [1.29, 1.82) is 0 Å². The van der Waals surface area contributed by atoms with Crippen LogP contribution in [0.2, 0.25) is 0 Å². The molecule has 0 aliphatic carbocycles. The van der Waals surface area contributed by atoms with Crippen molar-refractivity contribution in [3.05, 3.63) is 0 Å². The molecular weight excluding hydrogens is 312 g/mol. The van der Waals surface area contributed by atoms with Gasteiger partial charge in [-0.25, -0.2) is 9.59 Å². The highest BCUT2D eigenvalue weighted by molar-refractivity contribution is 5.92. The first kappa shape index (κ1) is 22.9. The summed E-state index contributed by atoms with van der Waals surface area (Å²) in [6.07, 6.45) is 0.759. The average Bonchev–Trinajstić information content (AvgIpc) is 2.54. The lowest BCUT2D eigenvalue weighted by Crippen LogP contribution is -2.64. The van der Waals surface area contributed by atoms with Gasteiger partial charge >= 0.3 is 11.9 Å². The molecule has 0 fully saturated rings. The van der Waals surface area contributed by atoms with Crippen molar-refractivity contribution in [3.63, 3.8) is 0 Å². The standard InChI is InChI=1S/C18H34O6/c1-9-13(5)23-15(19)17(7,21-11-3)18(8,22-12-4)16(20)24-14(6)10-2/h13-14H,9-12H2,1-8H3. The van der Waals surface area contributed by atoms with Gasteiger partial charge in [0.2, 0.25) is 11.2 Å². The predicted octanol–water partition coefficient (Wildman–Crippen LogP) is 3.26. The highest BCUT2D eigenvalue weighted by Crippen LogP contribution is 2.34. The lowest BCUT2D eigenvalue weighted by Gasteiger charge is -2.42. The van der Waals surface area contributed by atoms with Crippen LogP contribution in [0.3, 0.4) is 0 Å². The molecule has 0 aliphatic heterocycles. The Bertz CT molecular complexity index is 372. The number of carbonyl (C=O) groups is 2.